The summed E-state index contributed by atoms with van der Waals surface area (Å²) in [5, 5.41) is 19.0. The maximum Gasteiger partial charge on any atom is 0.308 e. The molecule has 2 saturated heterocycles. The standard InChI is InChI=1S/C58H72FN13O7S/c1-35(2)57(78)79-42-26-46(54(75)62-27-37-12-14-39(15-13-37)50-36(3)63-34-80-50)72(31-42)56(77)51(58(4,5)6)68-48(73)11-9-7-8-10-20-60-49(74)33-69-21-23-70(24-22-69)55(76)40-18-19-44(43(59)25-40)66-52-53-61-30-47(41-28-64-65-29-41)71(53)32-45(67-52)38-16-17-38/h12-15,18-19,25,28-30,32,34-35,38,42,46,51H,7-11,16-17,20-24,26-27,31,33H2,1-6H3,(H,60,74)(H,62,75)(H,64,65)(H,66,67)(H,68,73)/t42-,46+,51+/m1/s1. The van der Waals surface area contributed by atoms with Crippen molar-refractivity contribution in [2.75, 3.05) is 51.1 Å². The highest BCUT2D eigenvalue weighted by atomic mass is 32.1. The van der Waals surface area contributed by atoms with Crippen molar-refractivity contribution in [3.63, 3.8) is 0 Å². The van der Waals surface area contributed by atoms with Crippen molar-refractivity contribution >= 4 is 64.0 Å². The lowest BCUT2D eigenvalue weighted by atomic mass is 9.85. The highest BCUT2D eigenvalue weighted by molar-refractivity contribution is 7.13. The molecule has 0 radical (unpaired) electrons. The van der Waals surface area contributed by atoms with Crippen molar-refractivity contribution < 1.29 is 37.9 Å². The molecule has 22 heteroatoms. The molecular weight excluding hydrogens is 1040 g/mol. The molecule has 424 valence electrons. The number of ether oxygens (including phenoxy) is 1. The smallest absolute Gasteiger partial charge is 0.308 e. The van der Waals surface area contributed by atoms with Gasteiger partial charge in [-0.05, 0) is 67.3 Å². The highest BCUT2D eigenvalue weighted by Crippen LogP contribution is 2.41. The zero-order chi connectivity index (χ0) is 56.7. The predicted octanol–water partition coefficient (Wildman–Crippen LogP) is 7.15. The normalized spacial score (nSPS) is 17.1. The molecule has 9 rings (SSSR count). The van der Waals surface area contributed by atoms with E-state index in [1.807, 2.05) is 73.0 Å². The highest BCUT2D eigenvalue weighted by Gasteiger charge is 2.46. The fourth-order valence-corrected chi connectivity index (χ4v) is 10.9. The molecule has 80 heavy (non-hydrogen) atoms. The quantitative estimate of drug-likeness (QED) is 0.0336. The molecule has 5 amide bonds. The molecular formula is C58H72FN13O7S. The first-order chi connectivity index (χ1) is 38.4. The maximum absolute atomic E-state index is 15.7. The lowest BCUT2D eigenvalue weighted by Gasteiger charge is -2.35. The summed E-state index contributed by atoms with van der Waals surface area (Å²) in [5.74, 6) is -2.13. The maximum atomic E-state index is 15.7. The number of hydrogen-bond acceptors (Lipinski definition) is 14. The Balaban J connectivity index is 0.682. The van der Waals surface area contributed by atoms with E-state index in [0.717, 1.165) is 64.3 Å². The molecule has 0 spiro atoms. The summed E-state index contributed by atoms with van der Waals surface area (Å²) in [6, 6.07) is 10.4. The van der Waals surface area contributed by atoms with E-state index in [-0.39, 0.29) is 73.3 Å². The number of aromatic nitrogens is 6. The lowest BCUT2D eigenvalue weighted by Crippen LogP contribution is -2.57. The number of amides is 5. The summed E-state index contributed by atoms with van der Waals surface area (Å²) in [6.45, 7) is 13.7. The number of piperazine rings is 1. The minimum Gasteiger partial charge on any atom is -0.460 e. The average molecular weight is 1110 g/mol. The number of likely N-dealkylation sites (tertiary alicyclic amines) is 1. The van der Waals surface area contributed by atoms with E-state index < -0.39 is 41.3 Å². The first-order valence-electron chi connectivity index (χ1n) is 27.7. The third-order valence-electron chi connectivity index (χ3n) is 14.9. The van der Waals surface area contributed by atoms with Gasteiger partial charge in [0.25, 0.3) is 5.91 Å². The summed E-state index contributed by atoms with van der Waals surface area (Å²) >= 11 is 1.56. The molecule has 5 N–H and O–H groups in total. The molecule has 2 aromatic carbocycles. The van der Waals surface area contributed by atoms with Crippen LogP contribution in [0.3, 0.4) is 0 Å². The molecule has 1 saturated carbocycles. The molecule has 0 unspecified atom stereocenters. The zero-order valence-corrected chi connectivity index (χ0v) is 47.2. The van der Waals surface area contributed by atoms with Crippen LogP contribution in [-0.2, 0) is 35.3 Å². The number of H-pyrrole nitrogens is 1. The number of halogens is 1. The molecule has 0 bridgehead atoms. The van der Waals surface area contributed by atoms with Gasteiger partial charge in [0, 0.05) is 81.5 Å². The number of aromatic amines is 1. The zero-order valence-electron chi connectivity index (χ0n) is 46.4. The van der Waals surface area contributed by atoms with E-state index in [0.29, 0.717) is 62.9 Å². The van der Waals surface area contributed by atoms with Crippen molar-refractivity contribution in [1.82, 2.24) is 60.2 Å². The predicted molar refractivity (Wildman–Crippen MR) is 301 cm³/mol. The Labute approximate surface area is 469 Å². The number of fused-ring (bicyclic) bond motifs is 1. The molecule has 3 aliphatic rings. The SMILES string of the molecule is Cc1ncsc1-c1ccc(CNC(=O)[C@@H]2C[C@@H](OC(=O)C(C)C)CN2C(=O)[C@H](NC(=O)CCCCCCNC(=O)CN2CCN(C(=O)c3ccc(Nc4nc(C5CC5)cn5c(-c6cn[nH]c6)cnc45)c(F)c3)CC2)C(C)(C)C)cc1. The number of carbonyl (C=O) groups excluding carboxylic acids is 6. The van der Waals surface area contributed by atoms with Crippen molar-refractivity contribution in [3.05, 3.63) is 101 Å². The topological polar surface area (TPSA) is 241 Å². The molecule has 6 aromatic rings. The van der Waals surface area contributed by atoms with Crippen LogP contribution in [0.5, 0.6) is 0 Å². The Morgan fingerprint density at radius 1 is 0.900 bits per heavy atom. The number of benzene rings is 2. The average Bonchev–Trinajstić information content (AvgIpc) is 3.80. The van der Waals surface area contributed by atoms with Crippen LogP contribution < -0.4 is 21.3 Å². The van der Waals surface area contributed by atoms with Gasteiger partial charge < -0.3 is 35.8 Å². The Kier molecular flexibility index (Phi) is 18.0. The molecule has 20 nitrogen and oxygen atoms in total. The van der Waals surface area contributed by atoms with E-state index >= 15 is 4.39 Å². The van der Waals surface area contributed by atoms with Crippen LogP contribution in [0.15, 0.2) is 72.8 Å². The van der Waals surface area contributed by atoms with Gasteiger partial charge >= 0.3 is 5.97 Å². The largest absolute Gasteiger partial charge is 0.460 e. The summed E-state index contributed by atoms with van der Waals surface area (Å²) in [6.07, 6.45) is 11.7. The van der Waals surface area contributed by atoms with Gasteiger partial charge in [0.2, 0.25) is 23.6 Å². The monoisotopic (exact) mass is 1110 g/mol. The van der Waals surface area contributed by atoms with Crippen LogP contribution in [0.4, 0.5) is 15.9 Å². The van der Waals surface area contributed by atoms with Crippen LogP contribution in [-0.4, -0.2) is 144 Å². The number of anilines is 2. The van der Waals surface area contributed by atoms with Gasteiger partial charge in [-0.2, -0.15) is 5.10 Å². The number of hydrogen-bond donors (Lipinski definition) is 5. The second-order valence-electron chi connectivity index (χ2n) is 22.5. The Bertz CT molecular complexity index is 3180. The Hall–Kier alpha value is -7.59. The van der Waals surface area contributed by atoms with Crippen molar-refractivity contribution in [2.45, 2.75) is 124 Å². The minimum atomic E-state index is -0.949. The van der Waals surface area contributed by atoms with Gasteiger partial charge in [-0.25, -0.2) is 19.3 Å². The lowest BCUT2D eigenvalue weighted by molar-refractivity contribution is -0.153. The minimum absolute atomic E-state index is 0.0235. The number of aryl methyl sites for hydroxylation is 1. The van der Waals surface area contributed by atoms with E-state index in [9.17, 15) is 28.8 Å². The number of thiazole rings is 1. The fourth-order valence-electron chi connectivity index (χ4n) is 10.1. The summed E-state index contributed by atoms with van der Waals surface area (Å²) in [5.41, 5.74) is 7.49. The van der Waals surface area contributed by atoms with Crippen molar-refractivity contribution in [3.8, 4) is 21.7 Å². The first kappa shape index (κ1) is 57.1. The third-order valence-corrected chi connectivity index (χ3v) is 15.9. The van der Waals surface area contributed by atoms with Gasteiger partial charge in [-0.3, -0.25) is 43.2 Å². The molecule has 2 aliphatic heterocycles. The van der Waals surface area contributed by atoms with E-state index in [1.54, 1.807) is 60.8 Å². The second-order valence-corrected chi connectivity index (χ2v) is 23.4. The van der Waals surface area contributed by atoms with Crippen LogP contribution >= 0.6 is 11.3 Å². The third kappa shape index (κ3) is 14.0. The van der Waals surface area contributed by atoms with Crippen molar-refractivity contribution in [2.24, 2.45) is 11.3 Å². The van der Waals surface area contributed by atoms with Crippen LogP contribution in [0.1, 0.15) is 119 Å². The number of nitrogens with zero attached hydrogens (tertiary/aromatic N) is 8. The Morgan fingerprint density at radius 2 is 1.66 bits per heavy atom. The summed E-state index contributed by atoms with van der Waals surface area (Å²) in [7, 11) is 0. The molecule has 3 fully saturated rings. The van der Waals surface area contributed by atoms with E-state index in [2.05, 4.69) is 41.4 Å². The number of esters is 1. The number of unbranched alkanes of at least 4 members (excludes halogenated alkanes) is 3. The molecule has 6 heterocycles. The van der Waals surface area contributed by atoms with Gasteiger partial charge in [0.15, 0.2) is 11.5 Å². The fraction of sp³-hybridized carbons (Fsp3) is 0.483. The Morgan fingerprint density at radius 3 is 2.34 bits per heavy atom. The van der Waals surface area contributed by atoms with Gasteiger partial charge in [0.05, 0.1) is 64.6 Å². The summed E-state index contributed by atoms with van der Waals surface area (Å²) in [4.78, 5) is 101. The van der Waals surface area contributed by atoms with E-state index in [1.165, 1.54) is 11.0 Å². The van der Waals surface area contributed by atoms with E-state index in [4.69, 9.17) is 9.72 Å². The summed E-state index contributed by atoms with van der Waals surface area (Å²) < 4.78 is 23.4. The van der Waals surface area contributed by atoms with Crippen LogP contribution in [0, 0.1) is 24.1 Å². The second kappa shape index (κ2) is 25.2. The number of imidazole rings is 1. The van der Waals surface area contributed by atoms with Crippen molar-refractivity contribution in [1.29, 1.82) is 0 Å². The molecule has 1 aliphatic carbocycles. The number of rotatable bonds is 22. The number of nitrogens with one attached hydrogen (secondary N) is 5. The first-order valence-corrected chi connectivity index (χ1v) is 28.6. The molecule has 4 aromatic heterocycles. The van der Waals surface area contributed by atoms with Gasteiger partial charge in [-0.1, -0.05) is 71.7 Å². The number of carbonyl (C=O) groups is 6. The van der Waals surface area contributed by atoms with Gasteiger partial charge in [-0.15, -0.1) is 11.3 Å². The molecule has 3 atom stereocenters. The van der Waals surface area contributed by atoms with Crippen LogP contribution in [0.2, 0.25) is 0 Å². The van der Waals surface area contributed by atoms with Gasteiger partial charge in [0.1, 0.15) is 24.0 Å². The van der Waals surface area contributed by atoms with Crippen LogP contribution in [0.25, 0.3) is 27.3 Å².